The average Bonchev–Trinajstić information content (AvgIpc) is 2.86. The van der Waals surface area contributed by atoms with Gasteiger partial charge in [-0.1, -0.05) is 17.2 Å². The highest BCUT2D eigenvalue weighted by atomic mass is 16.7. The number of hydroxylamine groups is 2. The van der Waals surface area contributed by atoms with Gasteiger partial charge < -0.3 is 14.5 Å². The van der Waals surface area contributed by atoms with E-state index >= 15 is 0 Å². The Labute approximate surface area is 163 Å². The summed E-state index contributed by atoms with van der Waals surface area (Å²) >= 11 is 0. The summed E-state index contributed by atoms with van der Waals surface area (Å²) in [7, 11) is 0. The molecule has 0 aromatic heterocycles. The van der Waals surface area contributed by atoms with Gasteiger partial charge in [0.05, 0.1) is 17.5 Å². The summed E-state index contributed by atoms with van der Waals surface area (Å²) in [6.45, 7) is 5.82. The van der Waals surface area contributed by atoms with E-state index in [1.807, 2.05) is 0 Å². The van der Waals surface area contributed by atoms with Crippen LogP contribution in [0.25, 0.3) is 0 Å². The van der Waals surface area contributed by atoms with Crippen molar-refractivity contribution in [3.63, 3.8) is 0 Å². The summed E-state index contributed by atoms with van der Waals surface area (Å²) < 4.78 is 5.42. The molecule has 28 heavy (non-hydrogen) atoms. The van der Waals surface area contributed by atoms with E-state index < -0.39 is 35.5 Å². The molecule has 1 fully saturated rings. The number of piperidine rings is 1. The molecule has 0 saturated carbocycles. The maximum atomic E-state index is 12.4. The van der Waals surface area contributed by atoms with Crippen LogP contribution in [0.5, 0.6) is 0 Å². The van der Waals surface area contributed by atoms with Gasteiger partial charge in [-0.2, -0.15) is 0 Å². The van der Waals surface area contributed by atoms with Crippen LogP contribution >= 0.6 is 0 Å². The quantitative estimate of drug-likeness (QED) is 0.739. The molecular weight excluding hydrogens is 364 g/mol. The highest BCUT2D eigenvalue weighted by Crippen LogP contribution is 2.25. The summed E-state index contributed by atoms with van der Waals surface area (Å²) in [4.78, 5) is 56.1. The van der Waals surface area contributed by atoms with Gasteiger partial charge in [-0.15, -0.1) is 0 Å². The molecule has 0 bridgehead atoms. The lowest BCUT2D eigenvalue weighted by Crippen LogP contribution is -2.47. The molecule has 150 valence electrons. The summed E-state index contributed by atoms with van der Waals surface area (Å²) in [5, 5.41) is 0.494. The lowest BCUT2D eigenvalue weighted by molar-refractivity contribution is -0.170. The van der Waals surface area contributed by atoms with Crippen molar-refractivity contribution >= 4 is 23.9 Å². The largest absolute Gasteiger partial charge is 0.444 e. The highest BCUT2D eigenvalue weighted by Gasteiger charge is 2.39. The van der Waals surface area contributed by atoms with Crippen LogP contribution in [0, 0.1) is 0 Å². The SMILES string of the molecule is CC(C)(C)OC(=O)N1CCCC[C@H]1CC(=O)ON1C(=O)c2ccccc2C1=O. The number of carbonyl (C=O) groups is 4. The highest BCUT2D eigenvalue weighted by molar-refractivity contribution is 6.20. The monoisotopic (exact) mass is 388 g/mol. The number of imide groups is 1. The van der Waals surface area contributed by atoms with Gasteiger partial charge in [0, 0.05) is 12.6 Å². The molecule has 0 N–H and O–H groups in total. The normalized spacial score (nSPS) is 19.5. The summed E-state index contributed by atoms with van der Waals surface area (Å²) in [6, 6.07) is 5.89. The van der Waals surface area contributed by atoms with Crippen molar-refractivity contribution in [2.45, 2.75) is 58.1 Å². The van der Waals surface area contributed by atoms with Crippen molar-refractivity contribution in [1.82, 2.24) is 9.96 Å². The van der Waals surface area contributed by atoms with Gasteiger partial charge in [0.1, 0.15) is 5.60 Å². The molecule has 1 aromatic rings. The number of carbonyl (C=O) groups excluding carboxylic acids is 4. The standard InChI is InChI=1S/C20H24N2O6/c1-20(2,3)27-19(26)21-11-7-6-8-13(21)12-16(23)28-22-17(24)14-9-4-5-10-15(14)18(22)25/h4-5,9-10,13H,6-8,11-12H2,1-3H3/t13-/m0/s1. The van der Waals surface area contributed by atoms with Crippen LogP contribution in [0.15, 0.2) is 24.3 Å². The smallest absolute Gasteiger partial charge is 0.410 e. The Morgan fingerprint density at radius 1 is 1.07 bits per heavy atom. The molecule has 8 heteroatoms. The number of likely N-dealkylation sites (tertiary alicyclic amines) is 1. The number of nitrogens with zero attached hydrogens (tertiary/aromatic N) is 2. The van der Waals surface area contributed by atoms with E-state index in [2.05, 4.69) is 0 Å². The average molecular weight is 388 g/mol. The van der Waals surface area contributed by atoms with Crippen LogP contribution in [0.3, 0.4) is 0 Å². The van der Waals surface area contributed by atoms with Gasteiger partial charge >= 0.3 is 12.1 Å². The van der Waals surface area contributed by atoms with Crippen molar-refractivity contribution < 1.29 is 28.8 Å². The number of amides is 3. The van der Waals surface area contributed by atoms with Crippen molar-refractivity contribution in [1.29, 1.82) is 0 Å². The molecular formula is C20H24N2O6. The van der Waals surface area contributed by atoms with E-state index in [0.717, 1.165) is 12.8 Å². The zero-order valence-electron chi connectivity index (χ0n) is 16.3. The van der Waals surface area contributed by atoms with Crippen LogP contribution in [-0.4, -0.2) is 52.0 Å². The number of hydrogen-bond donors (Lipinski definition) is 0. The van der Waals surface area contributed by atoms with E-state index in [0.29, 0.717) is 18.0 Å². The lowest BCUT2D eigenvalue weighted by atomic mass is 10.00. The maximum Gasteiger partial charge on any atom is 0.410 e. The number of benzene rings is 1. The maximum absolute atomic E-state index is 12.4. The second-order valence-electron chi connectivity index (χ2n) is 7.94. The van der Waals surface area contributed by atoms with E-state index in [1.165, 1.54) is 17.0 Å². The molecule has 1 saturated heterocycles. The van der Waals surface area contributed by atoms with Gasteiger partial charge in [-0.25, -0.2) is 9.59 Å². The minimum Gasteiger partial charge on any atom is -0.444 e. The Morgan fingerprint density at radius 3 is 2.25 bits per heavy atom. The number of fused-ring (bicyclic) bond motifs is 1. The van der Waals surface area contributed by atoms with Crippen LogP contribution in [0.1, 0.15) is 67.2 Å². The molecule has 0 aliphatic carbocycles. The number of rotatable bonds is 3. The molecule has 1 aromatic carbocycles. The Balaban J connectivity index is 1.64. The van der Waals surface area contributed by atoms with Gasteiger partial charge in [-0.3, -0.25) is 9.59 Å². The summed E-state index contributed by atoms with van der Waals surface area (Å²) in [6.07, 6.45) is 1.71. The molecule has 0 radical (unpaired) electrons. The minimum absolute atomic E-state index is 0.118. The van der Waals surface area contributed by atoms with E-state index in [9.17, 15) is 19.2 Å². The number of hydrogen-bond acceptors (Lipinski definition) is 6. The first kappa shape index (κ1) is 19.9. The van der Waals surface area contributed by atoms with E-state index in [1.54, 1.807) is 32.9 Å². The second kappa shape index (κ2) is 7.61. The van der Waals surface area contributed by atoms with Crippen molar-refractivity contribution in [3.05, 3.63) is 35.4 Å². The third kappa shape index (κ3) is 4.16. The Hall–Kier alpha value is -2.90. The van der Waals surface area contributed by atoms with Crippen LogP contribution in [0.2, 0.25) is 0 Å². The third-order valence-electron chi connectivity index (χ3n) is 4.61. The second-order valence-corrected chi connectivity index (χ2v) is 7.94. The molecule has 0 spiro atoms. The molecule has 3 amide bonds. The molecule has 1 atom stereocenters. The number of ether oxygens (including phenoxy) is 1. The molecule has 0 unspecified atom stereocenters. The van der Waals surface area contributed by atoms with Crippen molar-refractivity contribution in [3.8, 4) is 0 Å². The van der Waals surface area contributed by atoms with E-state index in [4.69, 9.17) is 9.57 Å². The minimum atomic E-state index is -0.741. The van der Waals surface area contributed by atoms with Crippen molar-refractivity contribution in [2.75, 3.05) is 6.54 Å². The molecule has 3 rings (SSSR count). The van der Waals surface area contributed by atoms with Crippen LogP contribution in [-0.2, 0) is 14.4 Å². The first-order chi connectivity index (χ1) is 13.2. The summed E-state index contributed by atoms with van der Waals surface area (Å²) in [5.41, 5.74) is -0.235. The molecule has 8 nitrogen and oxygen atoms in total. The fourth-order valence-electron chi connectivity index (χ4n) is 3.36. The molecule has 2 aliphatic heterocycles. The topological polar surface area (TPSA) is 93.2 Å². The Morgan fingerprint density at radius 2 is 1.68 bits per heavy atom. The Kier molecular flexibility index (Phi) is 5.40. The van der Waals surface area contributed by atoms with Gasteiger partial charge in [0.15, 0.2) is 0 Å². The zero-order chi connectivity index (χ0) is 20.5. The third-order valence-corrected chi connectivity index (χ3v) is 4.61. The van der Waals surface area contributed by atoms with Gasteiger partial charge in [0.2, 0.25) is 0 Å². The van der Waals surface area contributed by atoms with Crippen LogP contribution < -0.4 is 0 Å². The predicted octanol–water partition coefficient (Wildman–Crippen LogP) is 2.92. The van der Waals surface area contributed by atoms with Gasteiger partial charge in [0.25, 0.3) is 11.8 Å². The first-order valence-corrected chi connectivity index (χ1v) is 9.35. The Bertz CT molecular complexity index is 778. The first-order valence-electron chi connectivity index (χ1n) is 9.35. The lowest BCUT2D eigenvalue weighted by Gasteiger charge is -2.36. The fourth-order valence-corrected chi connectivity index (χ4v) is 3.36. The van der Waals surface area contributed by atoms with Gasteiger partial charge in [-0.05, 0) is 52.2 Å². The fraction of sp³-hybridized carbons (Fsp3) is 0.500. The zero-order valence-corrected chi connectivity index (χ0v) is 16.3. The predicted molar refractivity (Wildman–Crippen MR) is 98.2 cm³/mol. The molecule has 2 aliphatic rings. The van der Waals surface area contributed by atoms with Crippen molar-refractivity contribution in [2.24, 2.45) is 0 Å². The van der Waals surface area contributed by atoms with Crippen LogP contribution in [0.4, 0.5) is 4.79 Å². The molecule has 2 heterocycles. The summed E-state index contributed by atoms with van der Waals surface area (Å²) in [5.74, 6) is -2.07. The van der Waals surface area contributed by atoms with E-state index in [-0.39, 0.29) is 17.5 Å².